The number of aryl methyl sites for hydroxylation is 1. The van der Waals surface area contributed by atoms with Gasteiger partial charge in [0.2, 0.25) is 0 Å². The summed E-state index contributed by atoms with van der Waals surface area (Å²) >= 11 is 1.50. The van der Waals surface area contributed by atoms with Gasteiger partial charge in [-0.1, -0.05) is 20.8 Å². The van der Waals surface area contributed by atoms with Crippen molar-refractivity contribution in [1.29, 1.82) is 0 Å². The maximum atomic E-state index is 12.5. The zero-order valence-corrected chi connectivity index (χ0v) is 17.0. The molecule has 1 aliphatic heterocycles. The molecule has 0 radical (unpaired) electrons. The molecule has 9 heteroatoms. The maximum Gasteiger partial charge on any atom is 0.273 e. The molecule has 3 aromatic rings. The zero-order valence-electron chi connectivity index (χ0n) is 16.2. The van der Waals surface area contributed by atoms with Gasteiger partial charge in [-0.25, -0.2) is 4.98 Å². The van der Waals surface area contributed by atoms with Gasteiger partial charge in [-0.3, -0.25) is 4.79 Å². The van der Waals surface area contributed by atoms with Crippen LogP contribution < -0.4 is 4.90 Å². The minimum absolute atomic E-state index is 0.0266. The van der Waals surface area contributed by atoms with E-state index in [2.05, 4.69) is 40.9 Å². The highest BCUT2D eigenvalue weighted by atomic mass is 32.1. The van der Waals surface area contributed by atoms with Gasteiger partial charge in [0, 0.05) is 30.9 Å². The Hall–Kier alpha value is -2.55. The molecule has 8 nitrogen and oxygen atoms in total. The first-order chi connectivity index (χ1) is 12.7. The SMILES string of the molecule is Cc1nc(C(=O)N(C)C2CN(c3ccc4nnc(C(C)(C)C)n4n3)C2)cs1. The molecule has 0 bridgehead atoms. The van der Waals surface area contributed by atoms with Crippen molar-refractivity contribution in [3.8, 4) is 0 Å². The molecule has 0 N–H and O–H groups in total. The van der Waals surface area contributed by atoms with Crippen LogP contribution in [-0.2, 0) is 5.41 Å². The van der Waals surface area contributed by atoms with E-state index in [4.69, 9.17) is 5.10 Å². The van der Waals surface area contributed by atoms with E-state index in [0.29, 0.717) is 5.69 Å². The summed E-state index contributed by atoms with van der Waals surface area (Å²) < 4.78 is 1.82. The summed E-state index contributed by atoms with van der Waals surface area (Å²) in [7, 11) is 1.84. The van der Waals surface area contributed by atoms with Gasteiger partial charge in [0.1, 0.15) is 11.5 Å². The number of amides is 1. The molecule has 0 aliphatic carbocycles. The van der Waals surface area contributed by atoms with Gasteiger partial charge in [-0.2, -0.15) is 4.52 Å². The topological polar surface area (TPSA) is 79.5 Å². The van der Waals surface area contributed by atoms with Crippen molar-refractivity contribution in [3.05, 3.63) is 34.0 Å². The van der Waals surface area contributed by atoms with E-state index in [0.717, 1.165) is 35.4 Å². The minimum atomic E-state index is -0.138. The molecule has 1 saturated heterocycles. The molecule has 1 aliphatic rings. The molecular weight excluding hydrogens is 362 g/mol. The van der Waals surface area contributed by atoms with Gasteiger partial charge in [0.15, 0.2) is 11.5 Å². The number of anilines is 1. The Balaban J connectivity index is 1.48. The quantitative estimate of drug-likeness (QED) is 0.687. The van der Waals surface area contributed by atoms with Crippen LogP contribution in [0.1, 0.15) is 42.1 Å². The van der Waals surface area contributed by atoms with Crippen LogP contribution in [-0.4, -0.2) is 61.8 Å². The lowest BCUT2D eigenvalue weighted by atomic mass is 9.96. The number of hydrogen-bond donors (Lipinski definition) is 0. The number of aromatic nitrogens is 5. The molecule has 0 atom stereocenters. The summed E-state index contributed by atoms with van der Waals surface area (Å²) in [5, 5.41) is 15.9. The van der Waals surface area contributed by atoms with Crippen LogP contribution in [0.4, 0.5) is 5.82 Å². The Kier molecular flexibility index (Phi) is 4.14. The van der Waals surface area contributed by atoms with Gasteiger partial charge in [0.05, 0.1) is 11.0 Å². The smallest absolute Gasteiger partial charge is 0.273 e. The van der Waals surface area contributed by atoms with Gasteiger partial charge in [-0.05, 0) is 19.1 Å². The first-order valence-electron chi connectivity index (χ1n) is 8.91. The van der Waals surface area contributed by atoms with Crippen molar-refractivity contribution in [1.82, 2.24) is 29.7 Å². The predicted molar refractivity (Wildman–Crippen MR) is 104 cm³/mol. The Labute approximate surface area is 161 Å². The number of likely N-dealkylation sites (N-methyl/N-ethyl adjacent to an activating group) is 1. The third-order valence-corrected chi connectivity index (χ3v) is 5.59. The molecule has 0 spiro atoms. The van der Waals surface area contributed by atoms with E-state index in [1.165, 1.54) is 11.3 Å². The highest BCUT2D eigenvalue weighted by Crippen LogP contribution is 2.25. The largest absolute Gasteiger partial charge is 0.351 e. The van der Waals surface area contributed by atoms with Gasteiger partial charge in [0.25, 0.3) is 5.91 Å². The van der Waals surface area contributed by atoms with Gasteiger partial charge >= 0.3 is 0 Å². The van der Waals surface area contributed by atoms with Crippen LogP contribution in [0, 0.1) is 6.92 Å². The molecule has 1 amide bonds. The number of fused-ring (bicyclic) bond motifs is 1. The summed E-state index contributed by atoms with van der Waals surface area (Å²) in [5.74, 6) is 1.68. The average molecular weight is 385 g/mol. The van der Waals surface area contributed by atoms with Gasteiger partial charge in [-0.15, -0.1) is 26.6 Å². The lowest BCUT2D eigenvalue weighted by Crippen LogP contribution is -2.60. The van der Waals surface area contributed by atoms with E-state index in [-0.39, 0.29) is 17.4 Å². The molecule has 3 aromatic heterocycles. The Morgan fingerprint density at radius 3 is 2.63 bits per heavy atom. The maximum absolute atomic E-state index is 12.5. The standard InChI is InChI=1S/C18H23N7OS/c1-11-19-13(10-27-11)16(26)23(5)12-8-24(9-12)15-7-6-14-20-21-17(18(2,3)4)25(14)22-15/h6-7,10,12H,8-9H2,1-5H3. The van der Waals surface area contributed by atoms with Crippen LogP contribution in [0.25, 0.3) is 5.65 Å². The monoisotopic (exact) mass is 385 g/mol. The second-order valence-electron chi connectivity index (χ2n) is 7.96. The summed E-state index contributed by atoms with van der Waals surface area (Å²) in [4.78, 5) is 20.8. The molecule has 0 aromatic carbocycles. The predicted octanol–water partition coefficient (Wildman–Crippen LogP) is 2.15. The third-order valence-electron chi connectivity index (χ3n) is 4.81. The Morgan fingerprint density at radius 1 is 1.26 bits per heavy atom. The Morgan fingerprint density at radius 2 is 2.00 bits per heavy atom. The van der Waals surface area contributed by atoms with Crippen molar-refractivity contribution in [2.45, 2.75) is 39.2 Å². The van der Waals surface area contributed by atoms with Crippen LogP contribution in [0.3, 0.4) is 0 Å². The molecular formula is C18H23N7OS. The van der Waals surface area contributed by atoms with E-state index in [1.807, 2.05) is 36.0 Å². The molecule has 0 unspecified atom stereocenters. The lowest BCUT2D eigenvalue weighted by molar-refractivity contribution is 0.0699. The van der Waals surface area contributed by atoms with Crippen LogP contribution in [0.2, 0.25) is 0 Å². The molecule has 142 valence electrons. The summed E-state index contributed by atoms with van der Waals surface area (Å²) in [6, 6.07) is 4.04. The summed E-state index contributed by atoms with van der Waals surface area (Å²) in [6.07, 6.45) is 0. The molecule has 1 fully saturated rings. The fourth-order valence-electron chi connectivity index (χ4n) is 3.11. The fraction of sp³-hybridized carbons (Fsp3) is 0.500. The normalized spacial score (nSPS) is 15.2. The van der Waals surface area contributed by atoms with E-state index in [1.54, 1.807) is 4.90 Å². The number of hydrogen-bond acceptors (Lipinski definition) is 7. The molecule has 27 heavy (non-hydrogen) atoms. The number of carbonyl (C=O) groups is 1. The van der Waals surface area contributed by atoms with Crippen molar-refractivity contribution >= 4 is 28.7 Å². The van der Waals surface area contributed by atoms with Crippen LogP contribution >= 0.6 is 11.3 Å². The average Bonchev–Trinajstić information content (AvgIpc) is 3.18. The minimum Gasteiger partial charge on any atom is -0.351 e. The third kappa shape index (κ3) is 3.16. The summed E-state index contributed by atoms with van der Waals surface area (Å²) in [6.45, 7) is 9.69. The second kappa shape index (κ2) is 6.26. The number of thiazole rings is 1. The van der Waals surface area contributed by atoms with E-state index in [9.17, 15) is 4.79 Å². The fourth-order valence-corrected chi connectivity index (χ4v) is 3.70. The van der Waals surface area contributed by atoms with Crippen molar-refractivity contribution in [3.63, 3.8) is 0 Å². The van der Waals surface area contributed by atoms with Crippen molar-refractivity contribution in [2.24, 2.45) is 0 Å². The molecule has 4 heterocycles. The summed E-state index contributed by atoms with van der Waals surface area (Å²) in [5.41, 5.74) is 1.13. The first kappa shape index (κ1) is 17.8. The van der Waals surface area contributed by atoms with E-state index < -0.39 is 0 Å². The number of carbonyl (C=O) groups excluding carboxylic acids is 1. The van der Waals surface area contributed by atoms with E-state index >= 15 is 0 Å². The van der Waals surface area contributed by atoms with Crippen LogP contribution in [0.5, 0.6) is 0 Å². The number of nitrogens with zero attached hydrogens (tertiary/aromatic N) is 7. The lowest BCUT2D eigenvalue weighted by Gasteiger charge is -2.44. The molecule has 0 saturated carbocycles. The zero-order chi connectivity index (χ0) is 19.3. The highest BCUT2D eigenvalue weighted by Gasteiger charge is 2.34. The highest BCUT2D eigenvalue weighted by molar-refractivity contribution is 7.09. The molecule has 4 rings (SSSR count). The van der Waals surface area contributed by atoms with Crippen molar-refractivity contribution in [2.75, 3.05) is 25.0 Å². The van der Waals surface area contributed by atoms with Gasteiger partial charge < -0.3 is 9.80 Å². The number of rotatable bonds is 3. The second-order valence-corrected chi connectivity index (χ2v) is 9.02. The van der Waals surface area contributed by atoms with Crippen molar-refractivity contribution < 1.29 is 4.79 Å². The Bertz CT molecular complexity index is 997. The van der Waals surface area contributed by atoms with Crippen LogP contribution in [0.15, 0.2) is 17.5 Å². The first-order valence-corrected chi connectivity index (χ1v) is 9.79.